The summed E-state index contributed by atoms with van der Waals surface area (Å²) in [6.07, 6.45) is 0. The van der Waals surface area contributed by atoms with Crippen molar-refractivity contribution >= 4 is 0 Å². The number of hydrazine groups is 2. The molecule has 0 unspecified atom stereocenters. The molecule has 0 spiro atoms. The van der Waals surface area contributed by atoms with Crippen LogP contribution in [-0.4, -0.2) is 5.23 Å². The maximum Gasteiger partial charge on any atom is -0.000658 e. The highest BCUT2D eigenvalue weighted by atomic mass is 16.0. The Morgan fingerprint density at radius 2 is 2.29 bits per heavy atom. The van der Waals surface area contributed by atoms with E-state index in [9.17, 15) is 0 Å². The van der Waals surface area contributed by atoms with Crippen molar-refractivity contribution in [3.63, 3.8) is 0 Å². The van der Waals surface area contributed by atoms with Gasteiger partial charge in [-0.15, -0.1) is 0 Å². The lowest BCUT2D eigenvalue weighted by atomic mass is 12.0. The summed E-state index contributed by atoms with van der Waals surface area (Å²) < 4.78 is 0. The number of nitrogens with zero attached hydrogens (tertiary/aromatic N) is 5. The third-order valence-electron chi connectivity index (χ3n) is 0.368. The van der Waals surface area contributed by atoms with Gasteiger partial charge in [-0.05, 0) is 20.9 Å². The van der Waals surface area contributed by atoms with E-state index >= 15 is 0 Å². The van der Waals surface area contributed by atoms with Crippen LogP contribution in [0.25, 0.3) is 0 Å². The maximum absolute atomic E-state index is 4.94. The molecule has 0 radical (unpaired) electrons. The fourth-order valence-corrected chi connectivity index (χ4v) is 0.167. The summed E-state index contributed by atoms with van der Waals surface area (Å²) in [5.41, 5.74) is 2.19. The van der Waals surface area contributed by atoms with Gasteiger partial charge in [0.2, 0.25) is 0 Å². The SMILES string of the molecule is NN1N=NN=NN1. The Kier molecular flexibility index (Phi) is 0.828. The normalized spacial score (nSPS) is 17.0. The third-order valence-corrected chi connectivity index (χ3v) is 0.368. The number of hydrogen-bond acceptors (Lipinski definition) is 7. The van der Waals surface area contributed by atoms with Crippen molar-refractivity contribution in [1.29, 1.82) is 0 Å². The predicted octanol–water partition coefficient (Wildman–Crippen LogP) is -0.670. The molecule has 0 saturated heterocycles. The molecular weight excluding hydrogens is 98.0 g/mol. The Balaban J connectivity index is 2.49. The van der Waals surface area contributed by atoms with Crippen molar-refractivity contribution < 1.29 is 0 Å². The van der Waals surface area contributed by atoms with Crippen LogP contribution in [0.4, 0.5) is 0 Å². The van der Waals surface area contributed by atoms with Gasteiger partial charge in [0.1, 0.15) is 0 Å². The number of hydrogen-bond donors (Lipinski definition) is 2. The summed E-state index contributed by atoms with van der Waals surface area (Å²) in [7, 11) is 0. The van der Waals surface area contributed by atoms with Crippen LogP contribution >= 0.6 is 0 Å². The molecule has 7 heavy (non-hydrogen) atoms. The van der Waals surface area contributed by atoms with Gasteiger partial charge in [-0.25, -0.2) is 5.84 Å². The predicted molar refractivity (Wildman–Crippen MR) is 18.9 cm³/mol. The van der Waals surface area contributed by atoms with Crippen LogP contribution in [0.3, 0.4) is 0 Å². The van der Waals surface area contributed by atoms with E-state index in [4.69, 9.17) is 5.84 Å². The second-order valence-corrected chi connectivity index (χ2v) is 0.813. The summed E-state index contributed by atoms with van der Waals surface area (Å²) in [5, 5.41) is 13.4. The lowest BCUT2D eigenvalue weighted by Gasteiger charge is -2.06. The zero-order chi connectivity index (χ0) is 5.11. The topological polar surface area (TPSA) is 90.7 Å². The fraction of sp³-hybridized carbons (Fsp3) is 0. The molecule has 0 saturated carbocycles. The number of nitrogens with two attached hydrogens (primary N) is 1. The molecule has 7 heteroatoms. The summed E-state index contributed by atoms with van der Waals surface area (Å²) in [4.78, 5) is 0. The first-order valence-corrected chi connectivity index (χ1v) is 1.51. The van der Waals surface area contributed by atoms with Gasteiger partial charge in [0, 0.05) is 0 Å². The first-order valence-electron chi connectivity index (χ1n) is 1.51. The molecule has 7 nitrogen and oxygen atoms in total. The Morgan fingerprint density at radius 1 is 1.43 bits per heavy atom. The van der Waals surface area contributed by atoms with E-state index in [0.717, 1.165) is 5.23 Å². The minimum absolute atomic E-state index is 0.840. The molecule has 0 amide bonds. The van der Waals surface area contributed by atoms with Crippen LogP contribution in [0, 0.1) is 0 Å². The maximum atomic E-state index is 4.94. The largest absolute Gasteiger partial charge is 0.208 e. The Labute approximate surface area is 38.8 Å². The smallest absolute Gasteiger partial charge is 0.000658 e. The minimum Gasteiger partial charge on any atom is -0.208 e. The van der Waals surface area contributed by atoms with E-state index in [1.54, 1.807) is 0 Å². The van der Waals surface area contributed by atoms with Crippen molar-refractivity contribution in [1.82, 2.24) is 10.8 Å². The lowest BCUT2D eigenvalue weighted by molar-refractivity contribution is 0.160. The molecule has 1 rings (SSSR count). The van der Waals surface area contributed by atoms with Crippen molar-refractivity contribution in [2.45, 2.75) is 0 Å². The van der Waals surface area contributed by atoms with Gasteiger partial charge < -0.3 is 0 Å². The Morgan fingerprint density at radius 3 is 2.57 bits per heavy atom. The highest BCUT2D eigenvalue weighted by Crippen LogP contribution is 1.84. The van der Waals surface area contributed by atoms with E-state index in [2.05, 4.69) is 26.4 Å². The molecule has 0 aromatic heterocycles. The molecule has 1 heterocycles. The van der Waals surface area contributed by atoms with Crippen LogP contribution in [0.2, 0.25) is 0 Å². The van der Waals surface area contributed by atoms with Crippen molar-refractivity contribution in [2.75, 3.05) is 0 Å². The van der Waals surface area contributed by atoms with Crippen molar-refractivity contribution in [3.05, 3.63) is 0 Å². The van der Waals surface area contributed by atoms with Crippen LogP contribution in [0.1, 0.15) is 0 Å². The second kappa shape index (κ2) is 1.47. The Hall–Kier alpha value is -1.24. The zero-order valence-corrected chi connectivity index (χ0v) is 3.31. The average Bonchev–Trinajstić information content (AvgIpc) is 1.69. The molecule has 1 aliphatic rings. The summed E-state index contributed by atoms with van der Waals surface area (Å²) >= 11 is 0. The van der Waals surface area contributed by atoms with E-state index in [1.807, 2.05) is 0 Å². The fourth-order valence-electron chi connectivity index (χ4n) is 0.167. The van der Waals surface area contributed by atoms with Gasteiger partial charge in [0.05, 0.1) is 0 Å². The van der Waals surface area contributed by atoms with Crippen molar-refractivity contribution in [3.8, 4) is 0 Å². The number of rotatable bonds is 0. The van der Waals surface area contributed by atoms with E-state index < -0.39 is 0 Å². The summed E-state index contributed by atoms with van der Waals surface area (Å²) in [6.45, 7) is 0. The van der Waals surface area contributed by atoms with Gasteiger partial charge >= 0.3 is 0 Å². The zero-order valence-electron chi connectivity index (χ0n) is 3.31. The van der Waals surface area contributed by atoms with Crippen LogP contribution in [-0.2, 0) is 0 Å². The van der Waals surface area contributed by atoms with Gasteiger partial charge in [-0.3, -0.25) is 0 Å². The van der Waals surface area contributed by atoms with Crippen LogP contribution < -0.4 is 11.4 Å². The van der Waals surface area contributed by atoms with Gasteiger partial charge in [-0.1, -0.05) is 5.23 Å². The summed E-state index contributed by atoms with van der Waals surface area (Å²) in [5.74, 6) is 4.94. The molecule has 0 aromatic rings. The van der Waals surface area contributed by atoms with E-state index in [0.29, 0.717) is 0 Å². The monoisotopic (exact) mass is 101 g/mol. The quantitative estimate of drug-likeness (QED) is 0.396. The standard InChI is InChI=1S/H3N7/c1-7-5-3-2-4-6-7/h1H2,(H,2,5,6). The molecule has 0 atom stereocenters. The van der Waals surface area contributed by atoms with E-state index in [-0.39, 0.29) is 0 Å². The second-order valence-electron chi connectivity index (χ2n) is 0.813. The third kappa shape index (κ3) is 0.793. The summed E-state index contributed by atoms with van der Waals surface area (Å²) in [6, 6.07) is 0. The molecule has 38 valence electrons. The van der Waals surface area contributed by atoms with Crippen molar-refractivity contribution in [2.24, 2.45) is 26.7 Å². The molecule has 0 aliphatic carbocycles. The van der Waals surface area contributed by atoms with Crippen LogP contribution in [0.5, 0.6) is 0 Å². The van der Waals surface area contributed by atoms with E-state index in [1.165, 1.54) is 0 Å². The lowest BCUT2D eigenvalue weighted by Crippen LogP contribution is -2.35. The minimum atomic E-state index is 0.840. The first-order chi connectivity index (χ1) is 3.39. The Bertz CT molecular complexity index is 98.6. The highest BCUT2D eigenvalue weighted by molar-refractivity contribution is 4.19. The molecular formula is H3N7. The first kappa shape index (κ1) is 3.93. The molecule has 3 N–H and O–H groups in total. The number of nitrogens with one attached hydrogen (secondary N) is 1. The van der Waals surface area contributed by atoms with Gasteiger partial charge in [0.15, 0.2) is 0 Å². The average molecular weight is 101 g/mol. The molecule has 0 bridgehead atoms. The molecule has 0 fully saturated rings. The van der Waals surface area contributed by atoms with Gasteiger partial charge in [-0.2, -0.15) is 5.53 Å². The molecule has 0 aromatic carbocycles. The van der Waals surface area contributed by atoms with Crippen LogP contribution in [0.15, 0.2) is 20.9 Å². The van der Waals surface area contributed by atoms with Gasteiger partial charge in [0.25, 0.3) is 0 Å². The molecule has 1 aliphatic heterocycles. The highest BCUT2D eigenvalue weighted by Gasteiger charge is 1.89.